The predicted octanol–water partition coefficient (Wildman–Crippen LogP) is -0.967. The SMILES string of the molecule is C[C@H]1[C@H](NC(=O)/C(=N\OCCOc2ccc(C(=N)N)c(O)c2)c2csc(N)n2)C(=O)N1S(=O)(=O)O. The van der Waals surface area contributed by atoms with Gasteiger partial charge >= 0.3 is 10.3 Å². The van der Waals surface area contributed by atoms with E-state index in [1.165, 1.54) is 30.5 Å². The Morgan fingerprint density at radius 2 is 2.11 bits per heavy atom. The molecule has 2 atom stereocenters. The maximum atomic E-state index is 12.7. The molecule has 1 saturated heterocycles. The third kappa shape index (κ3) is 5.76. The molecule has 0 bridgehead atoms. The fraction of sp³-hybridized carbons (Fsp3) is 0.278. The zero-order chi connectivity index (χ0) is 25.9. The topological polar surface area (TPSA) is 244 Å². The summed E-state index contributed by atoms with van der Waals surface area (Å²) in [5.74, 6) is -2.17. The first kappa shape index (κ1) is 25.7. The molecule has 0 saturated carbocycles. The molecule has 0 unspecified atom stereocenters. The van der Waals surface area contributed by atoms with E-state index < -0.39 is 34.2 Å². The van der Waals surface area contributed by atoms with E-state index in [4.69, 9.17) is 31.0 Å². The standard InChI is InChI=1S/C18H21N7O8S2/c1-8-13(17(28)25(8)35(29,30)31)23-16(27)14(11-7-34-18(21)22-11)24-33-5-4-32-9-2-3-10(15(19)20)12(26)6-9/h2-3,6-8,13,26H,4-5H2,1H3,(H3,19,20)(H2,21,22)(H,23,27)(H,29,30,31)/b24-14-/t8-,13-/m0/s1. The number of carbonyl (C=O) groups excluding carboxylic acids is 2. The second kappa shape index (κ2) is 10.1. The van der Waals surface area contributed by atoms with Crippen molar-refractivity contribution in [3.63, 3.8) is 0 Å². The van der Waals surface area contributed by atoms with Gasteiger partial charge in [0, 0.05) is 11.4 Å². The van der Waals surface area contributed by atoms with Gasteiger partial charge in [0.05, 0.1) is 11.6 Å². The molecule has 3 rings (SSSR count). The van der Waals surface area contributed by atoms with Crippen LogP contribution in [0.5, 0.6) is 11.5 Å². The Hall–Kier alpha value is -3.96. The smallest absolute Gasteiger partial charge is 0.362 e. The Morgan fingerprint density at radius 1 is 1.40 bits per heavy atom. The molecule has 15 nitrogen and oxygen atoms in total. The highest BCUT2D eigenvalue weighted by Crippen LogP contribution is 2.24. The van der Waals surface area contributed by atoms with Crippen molar-refractivity contribution in [2.24, 2.45) is 10.9 Å². The quantitative estimate of drug-likeness (QED) is 0.0548. The summed E-state index contributed by atoms with van der Waals surface area (Å²) in [6.45, 7) is 1.14. The maximum Gasteiger partial charge on any atom is 0.362 e. The third-order valence-corrected chi connectivity index (χ3v) is 6.39. The van der Waals surface area contributed by atoms with Crippen molar-refractivity contribution in [3.05, 3.63) is 34.8 Å². The van der Waals surface area contributed by atoms with Gasteiger partial charge < -0.3 is 31.5 Å². The predicted molar refractivity (Wildman–Crippen MR) is 123 cm³/mol. The lowest BCUT2D eigenvalue weighted by Gasteiger charge is -2.42. The zero-order valence-corrected chi connectivity index (χ0v) is 19.7. The summed E-state index contributed by atoms with van der Waals surface area (Å²) in [6, 6.07) is 1.92. The molecule has 35 heavy (non-hydrogen) atoms. The average Bonchev–Trinajstić information content (AvgIpc) is 3.19. The van der Waals surface area contributed by atoms with Crippen LogP contribution in [0, 0.1) is 5.41 Å². The molecule has 1 aliphatic heterocycles. The van der Waals surface area contributed by atoms with Crippen LogP contribution in [0.2, 0.25) is 0 Å². The summed E-state index contributed by atoms with van der Waals surface area (Å²) in [6.07, 6.45) is 0. The molecule has 1 aromatic heterocycles. The number of anilines is 1. The van der Waals surface area contributed by atoms with Crippen LogP contribution in [0.3, 0.4) is 0 Å². The number of rotatable bonds is 10. The second-order valence-corrected chi connectivity index (χ2v) is 9.27. The van der Waals surface area contributed by atoms with Gasteiger partial charge in [0.15, 0.2) is 17.5 Å². The van der Waals surface area contributed by atoms with Gasteiger partial charge in [-0.15, -0.1) is 11.3 Å². The number of phenols is 1. The maximum absolute atomic E-state index is 12.7. The van der Waals surface area contributed by atoms with E-state index in [9.17, 15) is 23.1 Å². The largest absolute Gasteiger partial charge is 0.507 e. The van der Waals surface area contributed by atoms with Gasteiger partial charge in [-0.3, -0.25) is 19.6 Å². The van der Waals surface area contributed by atoms with Crippen LogP contribution in [-0.4, -0.2) is 76.0 Å². The Kier molecular flexibility index (Phi) is 7.42. The number of aromatic nitrogens is 1. The molecular weight excluding hydrogens is 506 g/mol. The third-order valence-electron chi connectivity index (χ3n) is 4.71. The van der Waals surface area contributed by atoms with Gasteiger partial charge in [-0.25, -0.2) is 9.29 Å². The fourth-order valence-electron chi connectivity index (χ4n) is 3.05. The first-order valence-electron chi connectivity index (χ1n) is 9.73. The number of thiazole rings is 1. The van der Waals surface area contributed by atoms with Crippen molar-refractivity contribution in [1.29, 1.82) is 5.41 Å². The number of hydrogen-bond donors (Lipinski definition) is 6. The molecule has 2 amide bonds. The number of nitrogens with zero attached hydrogens (tertiary/aromatic N) is 3. The highest BCUT2D eigenvalue weighted by Gasteiger charge is 2.51. The summed E-state index contributed by atoms with van der Waals surface area (Å²) in [7, 11) is -4.75. The summed E-state index contributed by atoms with van der Waals surface area (Å²) in [5, 5.41) is 24.8. The number of β-lactam (4-membered cyclic amide) rings is 1. The molecule has 188 valence electrons. The number of ether oxygens (including phenoxy) is 1. The van der Waals surface area contributed by atoms with Crippen molar-refractivity contribution < 1.29 is 37.2 Å². The number of carbonyl (C=O) groups is 2. The number of hydrogen-bond acceptors (Lipinski definition) is 12. The monoisotopic (exact) mass is 527 g/mol. The Labute approximate surface area is 202 Å². The van der Waals surface area contributed by atoms with Gasteiger partial charge in [0.2, 0.25) is 0 Å². The van der Waals surface area contributed by atoms with Gasteiger partial charge in [-0.2, -0.15) is 8.42 Å². The molecule has 0 radical (unpaired) electrons. The van der Waals surface area contributed by atoms with Crippen LogP contribution in [0.15, 0.2) is 28.7 Å². The van der Waals surface area contributed by atoms with E-state index in [0.717, 1.165) is 11.3 Å². The normalized spacial score (nSPS) is 18.1. The molecule has 1 aromatic carbocycles. The second-order valence-electron chi connectivity index (χ2n) is 7.09. The average molecular weight is 528 g/mol. The van der Waals surface area contributed by atoms with Crippen LogP contribution in [-0.2, 0) is 24.7 Å². The molecule has 0 spiro atoms. The van der Waals surface area contributed by atoms with Crippen LogP contribution >= 0.6 is 11.3 Å². The van der Waals surface area contributed by atoms with Crippen molar-refractivity contribution >= 4 is 50.1 Å². The van der Waals surface area contributed by atoms with E-state index in [1.807, 2.05) is 0 Å². The minimum atomic E-state index is -4.75. The minimum Gasteiger partial charge on any atom is -0.507 e. The molecular formula is C18H21N7O8S2. The number of nitrogens with two attached hydrogens (primary N) is 2. The Morgan fingerprint density at radius 3 is 2.66 bits per heavy atom. The Balaban J connectivity index is 1.63. The van der Waals surface area contributed by atoms with E-state index in [-0.39, 0.29) is 57.0 Å². The minimum absolute atomic E-state index is 0.0437. The number of phenolic OH excluding ortho intramolecular Hbond substituents is 1. The lowest BCUT2D eigenvalue weighted by molar-refractivity contribution is -0.143. The van der Waals surface area contributed by atoms with E-state index in [2.05, 4.69) is 15.5 Å². The number of benzene rings is 1. The zero-order valence-electron chi connectivity index (χ0n) is 18.0. The molecule has 17 heteroatoms. The van der Waals surface area contributed by atoms with E-state index in [1.54, 1.807) is 0 Å². The van der Waals surface area contributed by atoms with Crippen LogP contribution in [0.25, 0.3) is 0 Å². The summed E-state index contributed by atoms with van der Waals surface area (Å²) < 4.78 is 37.2. The summed E-state index contributed by atoms with van der Waals surface area (Å²) >= 11 is 1.03. The number of amidine groups is 1. The van der Waals surface area contributed by atoms with Crippen molar-refractivity contribution in [2.45, 2.75) is 19.0 Å². The first-order chi connectivity index (χ1) is 16.4. The van der Waals surface area contributed by atoms with E-state index in [0.29, 0.717) is 0 Å². The number of oxime groups is 1. The molecule has 1 fully saturated rings. The van der Waals surface area contributed by atoms with Crippen LogP contribution in [0.1, 0.15) is 18.2 Å². The van der Waals surface area contributed by atoms with Crippen molar-refractivity contribution in [1.82, 2.24) is 14.6 Å². The summed E-state index contributed by atoms with van der Waals surface area (Å²) in [4.78, 5) is 33.9. The number of amides is 2. The molecule has 1 aliphatic rings. The fourth-order valence-corrected chi connectivity index (χ4v) is 4.48. The number of aromatic hydroxyl groups is 1. The molecule has 8 N–H and O–H groups in total. The van der Waals surface area contributed by atoms with Crippen LogP contribution < -0.4 is 21.5 Å². The van der Waals surface area contributed by atoms with Crippen LogP contribution in [0.4, 0.5) is 5.13 Å². The Bertz CT molecular complexity index is 1290. The highest BCUT2D eigenvalue weighted by atomic mass is 32.2. The number of nitrogens with one attached hydrogen (secondary N) is 2. The van der Waals surface area contributed by atoms with E-state index >= 15 is 0 Å². The number of nitrogen functional groups attached to an aromatic ring is 2. The first-order valence-corrected chi connectivity index (χ1v) is 12.0. The van der Waals surface area contributed by atoms with Gasteiger partial charge in [-0.05, 0) is 19.1 Å². The van der Waals surface area contributed by atoms with Crippen molar-refractivity contribution in [2.75, 3.05) is 18.9 Å². The van der Waals surface area contributed by atoms with Gasteiger partial charge in [0.25, 0.3) is 11.8 Å². The lowest BCUT2D eigenvalue weighted by Crippen LogP contribution is -2.71. The van der Waals surface area contributed by atoms with Gasteiger partial charge in [-0.1, -0.05) is 5.16 Å². The molecule has 0 aliphatic carbocycles. The molecule has 2 heterocycles. The van der Waals surface area contributed by atoms with Gasteiger partial charge in [0.1, 0.15) is 35.7 Å². The summed E-state index contributed by atoms with van der Waals surface area (Å²) in [5.41, 5.74) is 10.8. The lowest BCUT2D eigenvalue weighted by atomic mass is 10.0. The highest BCUT2D eigenvalue weighted by molar-refractivity contribution is 7.84. The van der Waals surface area contributed by atoms with Crippen molar-refractivity contribution in [3.8, 4) is 11.5 Å². The molecule has 2 aromatic rings.